The molecular formula is C11H16N2O2S. The van der Waals surface area contributed by atoms with Crippen molar-refractivity contribution in [2.45, 2.75) is 32.4 Å². The predicted octanol–water partition coefficient (Wildman–Crippen LogP) is 1.75. The van der Waals surface area contributed by atoms with Crippen molar-refractivity contribution in [1.82, 2.24) is 9.88 Å². The Bertz CT molecular complexity index is 387. The fourth-order valence-electron chi connectivity index (χ4n) is 1.96. The number of carboxylic acid groups (broad SMARTS) is 1. The Balaban J connectivity index is 2.03. The normalized spacial score (nSPS) is 17.7. The number of carbonyl (C=O) groups is 1. The first-order valence-corrected chi connectivity index (χ1v) is 6.29. The van der Waals surface area contributed by atoms with E-state index in [1.165, 1.54) is 0 Å². The molecule has 5 heteroatoms. The third-order valence-electron chi connectivity index (χ3n) is 3.03. The van der Waals surface area contributed by atoms with E-state index in [2.05, 4.69) is 4.98 Å². The zero-order chi connectivity index (χ0) is 11.7. The van der Waals surface area contributed by atoms with Crippen molar-refractivity contribution >= 4 is 17.3 Å². The van der Waals surface area contributed by atoms with Crippen molar-refractivity contribution in [2.24, 2.45) is 5.92 Å². The molecule has 0 aliphatic heterocycles. The molecule has 1 fully saturated rings. The number of rotatable bonds is 5. The first-order valence-electron chi connectivity index (χ1n) is 5.41. The first kappa shape index (κ1) is 11.5. The lowest BCUT2D eigenvalue weighted by atomic mass is 10.1. The number of carboxylic acids is 1. The smallest absolute Gasteiger partial charge is 0.321 e. The van der Waals surface area contributed by atoms with E-state index in [1.807, 2.05) is 24.4 Å². The maximum absolute atomic E-state index is 11.2. The Labute approximate surface area is 98.9 Å². The number of thiazole rings is 1. The number of hydrogen-bond acceptors (Lipinski definition) is 4. The van der Waals surface area contributed by atoms with Gasteiger partial charge in [-0.15, -0.1) is 11.3 Å². The summed E-state index contributed by atoms with van der Waals surface area (Å²) in [4.78, 5) is 18.5. The third-order valence-corrected chi connectivity index (χ3v) is 3.95. The molecule has 2 rings (SSSR count). The number of aromatic nitrogens is 1. The SMILES string of the molecule is Cc1ncsc1CN(C)C(C(=O)O)C1CC1. The summed E-state index contributed by atoms with van der Waals surface area (Å²) in [5.41, 5.74) is 2.82. The molecule has 1 aromatic heterocycles. The summed E-state index contributed by atoms with van der Waals surface area (Å²) in [6, 6.07) is -0.332. The highest BCUT2D eigenvalue weighted by Crippen LogP contribution is 2.35. The molecule has 0 saturated heterocycles. The third kappa shape index (κ3) is 2.41. The lowest BCUT2D eigenvalue weighted by molar-refractivity contribution is -0.143. The molecule has 0 spiro atoms. The topological polar surface area (TPSA) is 53.4 Å². The Morgan fingerprint density at radius 1 is 1.75 bits per heavy atom. The maximum atomic E-state index is 11.2. The van der Waals surface area contributed by atoms with Crippen LogP contribution in [0.15, 0.2) is 5.51 Å². The second-order valence-corrected chi connectivity index (χ2v) is 5.34. The molecule has 1 aliphatic rings. The van der Waals surface area contributed by atoms with Crippen molar-refractivity contribution < 1.29 is 9.90 Å². The van der Waals surface area contributed by atoms with Gasteiger partial charge in [0.25, 0.3) is 0 Å². The van der Waals surface area contributed by atoms with E-state index in [9.17, 15) is 9.90 Å². The largest absolute Gasteiger partial charge is 0.480 e. The molecule has 4 nitrogen and oxygen atoms in total. The van der Waals surface area contributed by atoms with Crippen LogP contribution in [0.4, 0.5) is 0 Å². The minimum Gasteiger partial charge on any atom is -0.480 e. The molecule has 0 aromatic carbocycles. The van der Waals surface area contributed by atoms with Gasteiger partial charge in [-0.05, 0) is 32.7 Å². The van der Waals surface area contributed by atoms with Gasteiger partial charge in [-0.2, -0.15) is 0 Å². The van der Waals surface area contributed by atoms with Gasteiger partial charge in [0, 0.05) is 11.4 Å². The van der Waals surface area contributed by atoms with Crippen molar-refractivity contribution in [3.63, 3.8) is 0 Å². The Kier molecular flexibility index (Phi) is 3.25. The minimum absolute atomic E-state index is 0.332. The van der Waals surface area contributed by atoms with E-state index in [0.29, 0.717) is 12.5 Å². The summed E-state index contributed by atoms with van der Waals surface area (Å²) < 4.78 is 0. The van der Waals surface area contributed by atoms with Crippen molar-refractivity contribution in [2.75, 3.05) is 7.05 Å². The summed E-state index contributed by atoms with van der Waals surface area (Å²) in [6.45, 7) is 2.65. The molecule has 1 unspecified atom stereocenters. The minimum atomic E-state index is -0.702. The molecule has 1 atom stereocenters. The first-order chi connectivity index (χ1) is 7.59. The second-order valence-electron chi connectivity index (χ2n) is 4.40. The highest BCUT2D eigenvalue weighted by atomic mass is 32.1. The zero-order valence-corrected chi connectivity index (χ0v) is 10.3. The van der Waals surface area contributed by atoms with E-state index in [0.717, 1.165) is 23.4 Å². The van der Waals surface area contributed by atoms with Crippen LogP contribution in [-0.2, 0) is 11.3 Å². The molecular weight excluding hydrogens is 224 g/mol. The van der Waals surface area contributed by atoms with Crippen molar-refractivity contribution in [3.05, 3.63) is 16.1 Å². The van der Waals surface area contributed by atoms with Crippen LogP contribution in [0.3, 0.4) is 0 Å². The van der Waals surface area contributed by atoms with Crippen LogP contribution in [-0.4, -0.2) is 34.0 Å². The average molecular weight is 240 g/mol. The number of aliphatic carboxylic acids is 1. The van der Waals surface area contributed by atoms with E-state index >= 15 is 0 Å². The molecule has 0 radical (unpaired) electrons. The van der Waals surface area contributed by atoms with E-state index in [4.69, 9.17) is 0 Å². The van der Waals surface area contributed by atoms with E-state index in [-0.39, 0.29) is 6.04 Å². The summed E-state index contributed by atoms with van der Waals surface area (Å²) >= 11 is 1.59. The van der Waals surface area contributed by atoms with E-state index < -0.39 is 5.97 Å². The summed E-state index contributed by atoms with van der Waals surface area (Å²) in [6.07, 6.45) is 2.09. The van der Waals surface area contributed by atoms with Crippen LogP contribution in [0.5, 0.6) is 0 Å². The quantitative estimate of drug-likeness (QED) is 0.852. The Morgan fingerprint density at radius 2 is 2.44 bits per heavy atom. The van der Waals surface area contributed by atoms with Gasteiger partial charge in [0.2, 0.25) is 0 Å². The van der Waals surface area contributed by atoms with Crippen LogP contribution in [0.2, 0.25) is 0 Å². The van der Waals surface area contributed by atoms with Gasteiger partial charge in [0.1, 0.15) is 6.04 Å². The van der Waals surface area contributed by atoms with Gasteiger partial charge >= 0.3 is 5.97 Å². The van der Waals surface area contributed by atoms with Crippen LogP contribution in [0.1, 0.15) is 23.4 Å². The summed E-state index contributed by atoms with van der Waals surface area (Å²) in [7, 11) is 1.89. The molecule has 88 valence electrons. The molecule has 1 aromatic rings. The molecule has 0 amide bonds. The summed E-state index contributed by atoms with van der Waals surface area (Å²) in [5.74, 6) is -0.358. The maximum Gasteiger partial charge on any atom is 0.321 e. The highest BCUT2D eigenvalue weighted by Gasteiger charge is 2.38. The van der Waals surface area contributed by atoms with Crippen molar-refractivity contribution in [3.8, 4) is 0 Å². The number of hydrogen-bond donors (Lipinski definition) is 1. The van der Waals surface area contributed by atoms with Gasteiger partial charge in [-0.3, -0.25) is 9.69 Å². The monoisotopic (exact) mass is 240 g/mol. The number of aryl methyl sites for hydroxylation is 1. The molecule has 1 N–H and O–H groups in total. The highest BCUT2D eigenvalue weighted by molar-refractivity contribution is 7.09. The number of likely N-dealkylation sites (N-methyl/N-ethyl adjacent to an activating group) is 1. The second kappa shape index (κ2) is 4.51. The van der Waals surface area contributed by atoms with E-state index in [1.54, 1.807) is 11.3 Å². The number of nitrogens with zero attached hydrogens (tertiary/aromatic N) is 2. The molecule has 1 saturated carbocycles. The fourth-order valence-corrected chi connectivity index (χ4v) is 2.80. The van der Waals surface area contributed by atoms with Gasteiger partial charge < -0.3 is 5.11 Å². The standard InChI is InChI=1S/C11H16N2O2S/c1-7-9(16-6-12-7)5-13(2)10(11(14)15)8-3-4-8/h6,8,10H,3-5H2,1-2H3,(H,14,15). The van der Waals surface area contributed by atoms with Gasteiger partial charge in [-0.25, -0.2) is 4.98 Å². The van der Waals surface area contributed by atoms with Crippen LogP contribution >= 0.6 is 11.3 Å². The molecule has 1 heterocycles. The molecule has 16 heavy (non-hydrogen) atoms. The van der Waals surface area contributed by atoms with Crippen molar-refractivity contribution in [1.29, 1.82) is 0 Å². The zero-order valence-electron chi connectivity index (χ0n) is 9.51. The van der Waals surface area contributed by atoms with Crippen LogP contribution < -0.4 is 0 Å². The van der Waals surface area contributed by atoms with Gasteiger partial charge in [-0.1, -0.05) is 0 Å². The van der Waals surface area contributed by atoms with Crippen LogP contribution in [0, 0.1) is 12.8 Å². The van der Waals surface area contributed by atoms with Gasteiger partial charge in [0.05, 0.1) is 11.2 Å². The average Bonchev–Trinajstić information content (AvgIpc) is 2.93. The van der Waals surface area contributed by atoms with Crippen LogP contribution in [0.25, 0.3) is 0 Å². The molecule has 0 bridgehead atoms. The molecule has 1 aliphatic carbocycles. The fraction of sp³-hybridized carbons (Fsp3) is 0.636. The predicted molar refractivity (Wildman–Crippen MR) is 62.5 cm³/mol. The Hall–Kier alpha value is -0.940. The lowest BCUT2D eigenvalue weighted by Gasteiger charge is -2.23. The lowest BCUT2D eigenvalue weighted by Crippen LogP contribution is -2.39. The van der Waals surface area contributed by atoms with Gasteiger partial charge in [0.15, 0.2) is 0 Å². The Morgan fingerprint density at radius 3 is 2.88 bits per heavy atom. The summed E-state index contributed by atoms with van der Waals surface area (Å²) in [5, 5.41) is 9.20.